The number of methoxy groups -OCH3 is 1. The van der Waals surface area contributed by atoms with Gasteiger partial charge >= 0.3 is 5.97 Å². The van der Waals surface area contributed by atoms with E-state index >= 15 is 0 Å². The van der Waals surface area contributed by atoms with Crippen molar-refractivity contribution >= 4 is 12.0 Å². The van der Waals surface area contributed by atoms with Gasteiger partial charge < -0.3 is 4.74 Å². The minimum Gasteiger partial charge on any atom is -0.469 e. The summed E-state index contributed by atoms with van der Waals surface area (Å²) in [6, 6.07) is 5.77. The maximum atomic E-state index is 10.8. The molecule has 80 valence electrons. The number of nitrogens with zero attached hydrogens (tertiary/aromatic N) is 1. The number of hydrogen-bond acceptors (Lipinski definition) is 3. The molecule has 0 bridgehead atoms. The molecule has 1 aromatic heterocycles. The molecule has 0 N–H and O–H groups in total. The third-order valence-electron chi connectivity index (χ3n) is 1.96. The number of rotatable bonds is 5. The molecule has 0 atom stereocenters. The highest BCUT2D eigenvalue weighted by Gasteiger charge is 1.96. The van der Waals surface area contributed by atoms with E-state index < -0.39 is 0 Å². The highest BCUT2D eigenvalue weighted by Crippen LogP contribution is 2.02. The highest BCUT2D eigenvalue weighted by atomic mass is 16.5. The molecule has 0 aliphatic carbocycles. The van der Waals surface area contributed by atoms with Gasteiger partial charge in [-0.05, 0) is 31.1 Å². The quantitative estimate of drug-likeness (QED) is 0.547. The van der Waals surface area contributed by atoms with Gasteiger partial charge in [0.15, 0.2) is 0 Å². The molecule has 0 aliphatic rings. The third kappa shape index (κ3) is 4.96. The fraction of sp³-hybridized carbons (Fsp3) is 0.333. The first-order chi connectivity index (χ1) is 7.33. The Morgan fingerprint density at radius 3 is 3.07 bits per heavy atom. The van der Waals surface area contributed by atoms with Crippen molar-refractivity contribution in [2.24, 2.45) is 0 Å². The van der Waals surface area contributed by atoms with Gasteiger partial charge in [0.05, 0.1) is 12.8 Å². The number of carbonyl (C=O) groups excluding carboxylic acids is 1. The lowest BCUT2D eigenvalue weighted by Gasteiger charge is -1.95. The molecule has 0 saturated carbocycles. The van der Waals surface area contributed by atoms with Crippen LogP contribution in [0.15, 0.2) is 30.5 Å². The zero-order valence-electron chi connectivity index (χ0n) is 8.85. The molecule has 0 unspecified atom stereocenters. The number of allylic oxidation sites excluding steroid dienone is 1. The van der Waals surface area contributed by atoms with Crippen LogP contribution < -0.4 is 0 Å². The maximum Gasteiger partial charge on any atom is 0.305 e. The van der Waals surface area contributed by atoms with Crippen molar-refractivity contribution in [3.8, 4) is 0 Å². The summed E-state index contributed by atoms with van der Waals surface area (Å²) in [5.74, 6) is -0.152. The summed E-state index contributed by atoms with van der Waals surface area (Å²) in [5, 5.41) is 0. The van der Waals surface area contributed by atoms with Crippen molar-refractivity contribution in [3.63, 3.8) is 0 Å². The predicted molar refractivity (Wildman–Crippen MR) is 59.1 cm³/mol. The molecule has 0 radical (unpaired) electrons. The third-order valence-corrected chi connectivity index (χ3v) is 1.96. The molecule has 0 aliphatic heterocycles. The number of unbranched alkanes of at least 4 members (excludes halogenated alkanes) is 1. The SMILES string of the molecule is COC(=O)CCC/C=C/c1ccccn1. The van der Waals surface area contributed by atoms with Crippen molar-refractivity contribution in [2.45, 2.75) is 19.3 Å². The molecular formula is C12H15NO2. The van der Waals surface area contributed by atoms with Crippen LogP contribution in [0.25, 0.3) is 6.08 Å². The van der Waals surface area contributed by atoms with Crippen LogP contribution in [0, 0.1) is 0 Å². The van der Waals surface area contributed by atoms with Crippen molar-refractivity contribution in [1.29, 1.82) is 0 Å². The Hall–Kier alpha value is -1.64. The summed E-state index contributed by atoms with van der Waals surface area (Å²) in [7, 11) is 1.41. The average Bonchev–Trinajstić information content (AvgIpc) is 2.29. The first kappa shape index (κ1) is 11.4. The Kier molecular flexibility index (Phi) is 5.15. The standard InChI is InChI=1S/C12H15NO2/c1-15-12(14)9-4-2-3-7-11-8-5-6-10-13-11/h3,5-8,10H,2,4,9H2,1H3/b7-3+. The Labute approximate surface area is 89.8 Å². The van der Waals surface area contributed by atoms with Gasteiger partial charge in [-0.1, -0.05) is 12.1 Å². The first-order valence-electron chi connectivity index (χ1n) is 4.97. The van der Waals surface area contributed by atoms with Crippen LogP contribution in [-0.2, 0) is 9.53 Å². The fourth-order valence-corrected chi connectivity index (χ4v) is 1.14. The molecule has 15 heavy (non-hydrogen) atoms. The monoisotopic (exact) mass is 205 g/mol. The zero-order chi connectivity index (χ0) is 10.9. The van der Waals surface area contributed by atoms with Crippen molar-refractivity contribution in [1.82, 2.24) is 4.98 Å². The lowest BCUT2D eigenvalue weighted by Crippen LogP contribution is -1.98. The van der Waals surface area contributed by atoms with Gasteiger partial charge in [0.1, 0.15) is 0 Å². The number of hydrogen-bond donors (Lipinski definition) is 0. The zero-order valence-corrected chi connectivity index (χ0v) is 8.85. The second-order valence-electron chi connectivity index (χ2n) is 3.13. The van der Waals surface area contributed by atoms with Crippen molar-refractivity contribution in [3.05, 3.63) is 36.2 Å². The van der Waals surface area contributed by atoms with Crippen LogP contribution >= 0.6 is 0 Å². The number of pyridine rings is 1. The molecule has 0 saturated heterocycles. The molecule has 3 heteroatoms. The molecule has 0 aromatic carbocycles. The number of carbonyl (C=O) groups is 1. The number of aromatic nitrogens is 1. The summed E-state index contributed by atoms with van der Waals surface area (Å²) < 4.78 is 4.54. The van der Waals surface area contributed by atoms with Crippen LogP contribution in [0.1, 0.15) is 25.0 Å². The van der Waals surface area contributed by atoms with Gasteiger partial charge in [-0.2, -0.15) is 0 Å². The van der Waals surface area contributed by atoms with Gasteiger partial charge in [0.2, 0.25) is 0 Å². The van der Waals surface area contributed by atoms with E-state index in [2.05, 4.69) is 9.72 Å². The predicted octanol–water partition coefficient (Wildman–Crippen LogP) is 2.44. The van der Waals surface area contributed by atoms with E-state index in [0.717, 1.165) is 18.5 Å². The van der Waals surface area contributed by atoms with Gasteiger partial charge in [0.25, 0.3) is 0 Å². The van der Waals surface area contributed by atoms with Crippen molar-refractivity contribution in [2.75, 3.05) is 7.11 Å². The summed E-state index contributed by atoms with van der Waals surface area (Å²) in [4.78, 5) is 14.9. The topological polar surface area (TPSA) is 39.2 Å². The lowest BCUT2D eigenvalue weighted by atomic mass is 10.2. The molecule has 0 spiro atoms. The van der Waals surface area contributed by atoms with E-state index in [1.165, 1.54) is 7.11 Å². The summed E-state index contributed by atoms with van der Waals surface area (Å²) >= 11 is 0. The van der Waals surface area contributed by atoms with Crippen LogP contribution in [-0.4, -0.2) is 18.1 Å². The van der Waals surface area contributed by atoms with Gasteiger partial charge in [-0.25, -0.2) is 0 Å². The van der Waals surface area contributed by atoms with E-state index in [4.69, 9.17) is 0 Å². The molecule has 0 amide bonds. The lowest BCUT2D eigenvalue weighted by molar-refractivity contribution is -0.140. The number of esters is 1. The smallest absolute Gasteiger partial charge is 0.305 e. The molecular weight excluding hydrogens is 190 g/mol. The van der Waals surface area contributed by atoms with E-state index in [0.29, 0.717) is 6.42 Å². The van der Waals surface area contributed by atoms with Crippen LogP contribution in [0.4, 0.5) is 0 Å². The maximum absolute atomic E-state index is 10.8. The van der Waals surface area contributed by atoms with E-state index in [9.17, 15) is 4.79 Å². The minimum atomic E-state index is -0.152. The molecule has 3 nitrogen and oxygen atoms in total. The van der Waals surface area contributed by atoms with E-state index in [-0.39, 0.29) is 5.97 Å². The van der Waals surface area contributed by atoms with Crippen molar-refractivity contribution < 1.29 is 9.53 Å². The van der Waals surface area contributed by atoms with Crippen LogP contribution in [0.3, 0.4) is 0 Å². The van der Waals surface area contributed by atoms with Gasteiger partial charge in [-0.15, -0.1) is 0 Å². The minimum absolute atomic E-state index is 0.152. The largest absolute Gasteiger partial charge is 0.469 e. The van der Waals surface area contributed by atoms with E-state index in [1.807, 2.05) is 30.4 Å². The summed E-state index contributed by atoms with van der Waals surface area (Å²) in [5.41, 5.74) is 0.940. The molecule has 1 aromatic rings. The Morgan fingerprint density at radius 1 is 1.53 bits per heavy atom. The second-order valence-corrected chi connectivity index (χ2v) is 3.13. The Bertz CT molecular complexity index is 320. The first-order valence-corrected chi connectivity index (χ1v) is 4.97. The highest BCUT2D eigenvalue weighted by molar-refractivity contribution is 5.69. The van der Waals surface area contributed by atoms with Crippen LogP contribution in [0.5, 0.6) is 0 Å². The van der Waals surface area contributed by atoms with Gasteiger partial charge in [0, 0.05) is 12.6 Å². The Balaban J connectivity index is 2.20. The van der Waals surface area contributed by atoms with Gasteiger partial charge in [-0.3, -0.25) is 9.78 Å². The fourth-order valence-electron chi connectivity index (χ4n) is 1.14. The Morgan fingerprint density at radius 2 is 2.40 bits per heavy atom. The molecule has 0 fully saturated rings. The summed E-state index contributed by atoms with van der Waals surface area (Å²) in [6.07, 6.45) is 7.89. The normalized spacial score (nSPS) is 10.5. The molecule has 1 rings (SSSR count). The number of ether oxygens (including phenoxy) is 1. The molecule has 1 heterocycles. The second kappa shape index (κ2) is 6.76. The van der Waals surface area contributed by atoms with E-state index in [1.54, 1.807) is 6.20 Å². The van der Waals surface area contributed by atoms with Crippen LogP contribution in [0.2, 0.25) is 0 Å². The summed E-state index contributed by atoms with van der Waals surface area (Å²) in [6.45, 7) is 0. The average molecular weight is 205 g/mol.